The Morgan fingerprint density at radius 2 is 1.39 bits per heavy atom. The van der Waals surface area contributed by atoms with E-state index in [1.54, 1.807) is 0 Å². The second kappa shape index (κ2) is 8.69. The summed E-state index contributed by atoms with van der Waals surface area (Å²) in [6.45, 7) is 0. The number of aromatic nitrogens is 2. The maximum Gasteiger partial charge on any atom is 0.416 e. The SMILES string of the molecule is CNC(=O)c1nc[nH]c1C(=O)Nc1ccc(NC(=O)c2ccc(C(F)(F)F)cc2)cc1. The van der Waals surface area contributed by atoms with E-state index in [2.05, 4.69) is 25.9 Å². The molecule has 0 spiro atoms. The summed E-state index contributed by atoms with van der Waals surface area (Å²) in [5.74, 6) is -1.69. The first-order chi connectivity index (χ1) is 14.7. The van der Waals surface area contributed by atoms with Gasteiger partial charge in [0.15, 0.2) is 5.69 Å². The molecule has 0 bridgehead atoms. The van der Waals surface area contributed by atoms with Gasteiger partial charge in [-0.05, 0) is 48.5 Å². The molecule has 0 aliphatic carbocycles. The Hall–Kier alpha value is -4.15. The van der Waals surface area contributed by atoms with E-state index in [1.165, 1.54) is 37.6 Å². The molecule has 3 rings (SSSR count). The molecule has 1 aromatic heterocycles. The van der Waals surface area contributed by atoms with Gasteiger partial charge in [-0.2, -0.15) is 13.2 Å². The Morgan fingerprint density at radius 3 is 1.90 bits per heavy atom. The molecule has 0 unspecified atom stereocenters. The maximum absolute atomic E-state index is 12.6. The molecular weight excluding hydrogens is 415 g/mol. The standard InChI is InChI=1S/C20H16F3N5O3/c1-24-18(30)15-16(26-10-25-15)19(31)28-14-8-6-13(7-9-14)27-17(29)11-2-4-12(5-3-11)20(21,22)23/h2-10H,1H3,(H,24,30)(H,25,26)(H,27,29)(H,28,31). The average Bonchev–Trinajstić information content (AvgIpc) is 3.24. The van der Waals surface area contributed by atoms with Gasteiger partial charge in [-0.25, -0.2) is 4.98 Å². The van der Waals surface area contributed by atoms with Crippen molar-refractivity contribution in [2.75, 3.05) is 17.7 Å². The Bertz CT molecular complexity index is 1110. The summed E-state index contributed by atoms with van der Waals surface area (Å²) in [5.41, 5.74) is -0.0997. The molecule has 31 heavy (non-hydrogen) atoms. The third-order valence-corrected chi connectivity index (χ3v) is 4.18. The lowest BCUT2D eigenvalue weighted by Gasteiger charge is -2.09. The summed E-state index contributed by atoms with van der Waals surface area (Å²) in [7, 11) is 1.41. The predicted octanol–water partition coefficient (Wildman–Crippen LogP) is 3.29. The highest BCUT2D eigenvalue weighted by molar-refractivity contribution is 6.10. The van der Waals surface area contributed by atoms with Gasteiger partial charge in [0.2, 0.25) is 0 Å². The fourth-order valence-corrected chi connectivity index (χ4v) is 2.60. The van der Waals surface area contributed by atoms with E-state index in [0.717, 1.165) is 24.3 Å². The van der Waals surface area contributed by atoms with Gasteiger partial charge >= 0.3 is 6.18 Å². The average molecular weight is 431 g/mol. The molecule has 3 aromatic rings. The molecule has 0 saturated carbocycles. The van der Waals surface area contributed by atoms with E-state index in [-0.39, 0.29) is 17.0 Å². The lowest BCUT2D eigenvalue weighted by Crippen LogP contribution is -2.23. The van der Waals surface area contributed by atoms with Crippen LogP contribution in [-0.4, -0.2) is 34.7 Å². The number of rotatable bonds is 5. The van der Waals surface area contributed by atoms with Crippen molar-refractivity contribution in [2.45, 2.75) is 6.18 Å². The lowest BCUT2D eigenvalue weighted by atomic mass is 10.1. The first-order valence-electron chi connectivity index (χ1n) is 8.84. The van der Waals surface area contributed by atoms with Gasteiger partial charge in [0.1, 0.15) is 5.69 Å². The number of H-pyrrole nitrogens is 1. The minimum Gasteiger partial charge on any atom is -0.354 e. The number of nitrogens with one attached hydrogen (secondary N) is 4. The normalized spacial score (nSPS) is 11.0. The summed E-state index contributed by atoms with van der Waals surface area (Å²) in [6.07, 6.45) is -3.26. The van der Waals surface area contributed by atoms with Gasteiger partial charge in [0.05, 0.1) is 11.9 Å². The van der Waals surface area contributed by atoms with Crippen molar-refractivity contribution in [3.63, 3.8) is 0 Å². The van der Waals surface area contributed by atoms with E-state index in [0.29, 0.717) is 11.4 Å². The summed E-state index contributed by atoms with van der Waals surface area (Å²) in [6, 6.07) is 9.86. The van der Waals surface area contributed by atoms with Gasteiger partial charge in [0.25, 0.3) is 17.7 Å². The van der Waals surface area contributed by atoms with Gasteiger partial charge in [0, 0.05) is 24.0 Å². The summed E-state index contributed by atoms with van der Waals surface area (Å²) in [4.78, 5) is 42.7. The Morgan fingerprint density at radius 1 is 0.839 bits per heavy atom. The third-order valence-electron chi connectivity index (χ3n) is 4.18. The van der Waals surface area contributed by atoms with E-state index >= 15 is 0 Å². The van der Waals surface area contributed by atoms with E-state index in [4.69, 9.17) is 0 Å². The number of carbonyl (C=O) groups is 3. The minimum absolute atomic E-state index is 0.0148. The van der Waals surface area contributed by atoms with E-state index in [9.17, 15) is 27.6 Å². The molecule has 0 atom stereocenters. The third kappa shape index (κ3) is 5.07. The van der Waals surface area contributed by atoms with Crippen LogP contribution in [-0.2, 0) is 6.18 Å². The van der Waals surface area contributed by atoms with Gasteiger partial charge in [-0.3, -0.25) is 14.4 Å². The zero-order chi connectivity index (χ0) is 22.6. The van der Waals surface area contributed by atoms with Crippen LogP contribution in [0.25, 0.3) is 0 Å². The van der Waals surface area contributed by atoms with Crippen LogP contribution in [0.2, 0.25) is 0 Å². The van der Waals surface area contributed by atoms with Crippen molar-refractivity contribution < 1.29 is 27.6 Å². The van der Waals surface area contributed by atoms with Crippen molar-refractivity contribution >= 4 is 29.1 Å². The number of halogens is 3. The number of nitrogens with zero attached hydrogens (tertiary/aromatic N) is 1. The Balaban J connectivity index is 1.64. The lowest BCUT2D eigenvalue weighted by molar-refractivity contribution is -0.137. The number of aromatic amines is 1. The second-order valence-electron chi connectivity index (χ2n) is 6.27. The van der Waals surface area contributed by atoms with Crippen LogP contribution in [0.5, 0.6) is 0 Å². The highest BCUT2D eigenvalue weighted by Gasteiger charge is 2.30. The molecule has 4 N–H and O–H groups in total. The fraction of sp³-hybridized carbons (Fsp3) is 0.100. The Kier molecular flexibility index (Phi) is 6.05. The second-order valence-corrected chi connectivity index (χ2v) is 6.27. The van der Waals surface area contributed by atoms with Crippen molar-refractivity contribution in [3.8, 4) is 0 Å². The predicted molar refractivity (Wildman–Crippen MR) is 106 cm³/mol. The minimum atomic E-state index is -4.48. The fourth-order valence-electron chi connectivity index (χ4n) is 2.60. The number of hydrogen-bond acceptors (Lipinski definition) is 4. The molecule has 0 radical (unpaired) electrons. The number of imidazole rings is 1. The number of carbonyl (C=O) groups excluding carboxylic acids is 3. The van der Waals surface area contributed by atoms with Crippen LogP contribution in [0.3, 0.4) is 0 Å². The number of amides is 3. The van der Waals surface area contributed by atoms with Crippen molar-refractivity contribution in [1.82, 2.24) is 15.3 Å². The van der Waals surface area contributed by atoms with Crippen molar-refractivity contribution in [3.05, 3.63) is 77.4 Å². The van der Waals surface area contributed by atoms with Crippen LogP contribution >= 0.6 is 0 Å². The van der Waals surface area contributed by atoms with Crippen LogP contribution in [0.1, 0.15) is 36.9 Å². The van der Waals surface area contributed by atoms with Crippen LogP contribution in [0.4, 0.5) is 24.5 Å². The molecule has 11 heteroatoms. The topological polar surface area (TPSA) is 116 Å². The van der Waals surface area contributed by atoms with Crippen molar-refractivity contribution in [2.24, 2.45) is 0 Å². The molecule has 0 aliphatic rings. The maximum atomic E-state index is 12.6. The van der Waals surface area contributed by atoms with Gasteiger partial charge in [-0.1, -0.05) is 0 Å². The van der Waals surface area contributed by atoms with E-state index in [1.807, 2.05) is 0 Å². The monoisotopic (exact) mass is 431 g/mol. The molecular formula is C20H16F3N5O3. The molecule has 160 valence electrons. The molecule has 3 amide bonds. The quantitative estimate of drug-likeness (QED) is 0.496. The summed E-state index contributed by atoms with van der Waals surface area (Å²) < 4.78 is 37.8. The van der Waals surface area contributed by atoms with Crippen LogP contribution in [0, 0.1) is 0 Å². The molecule has 0 aliphatic heterocycles. The van der Waals surface area contributed by atoms with Crippen LogP contribution < -0.4 is 16.0 Å². The smallest absolute Gasteiger partial charge is 0.354 e. The summed E-state index contributed by atoms with van der Waals surface area (Å²) >= 11 is 0. The molecule has 1 heterocycles. The first-order valence-corrected chi connectivity index (χ1v) is 8.84. The van der Waals surface area contributed by atoms with Crippen molar-refractivity contribution in [1.29, 1.82) is 0 Å². The molecule has 2 aromatic carbocycles. The highest BCUT2D eigenvalue weighted by atomic mass is 19.4. The van der Waals surface area contributed by atoms with Gasteiger partial charge < -0.3 is 20.9 Å². The largest absolute Gasteiger partial charge is 0.416 e. The van der Waals surface area contributed by atoms with E-state index < -0.39 is 29.5 Å². The van der Waals surface area contributed by atoms with Crippen LogP contribution in [0.15, 0.2) is 54.9 Å². The molecule has 0 saturated heterocycles. The first kappa shape index (κ1) is 21.6. The molecule has 0 fully saturated rings. The number of anilines is 2. The Labute approximate surface area is 173 Å². The zero-order valence-corrected chi connectivity index (χ0v) is 16.0. The molecule has 8 nitrogen and oxygen atoms in total. The number of benzene rings is 2. The number of hydrogen-bond donors (Lipinski definition) is 4. The number of alkyl halides is 3. The highest BCUT2D eigenvalue weighted by Crippen LogP contribution is 2.29. The van der Waals surface area contributed by atoms with Gasteiger partial charge in [-0.15, -0.1) is 0 Å². The zero-order valence-electron chi connectivity index (χ0n) is 16.0. The summed E-state index contributed by atoms with van der Waals surface area (Å²) in [5, 5.41) is 7.52.